The van der Waals surface area contributed by atoms with E-state index in [1.165, 1.54) is 10.5 Å². The van der Waals surface area contributed by atoms with Gasteiger partial charge in [-0.1, -0.05) is 55.5 Å². The van der Waals surface area contributed by atoms with Gasteiger partial charge in [-0.3, -0.25) is 14.4 Å². The van der Waals surface area contributed by atoms with E-state index in [2.05, 4.69) is 62.3 Å². The molecule has 0 aliphatic rings. The van der Waals surface area contributed by atoms with Crippen molar-refractivity contribution in [1.82, 2.24) is 14.8 Å². The summed E-state index contributed by atoms with van der Waals surface area (Å²) >= 11 is 3.40. The van der Waals surface area contributed by atoms with Crippen LogP contribution in [0.15, 0.2) is 59.5 Å². The smallest absolute Gasteiger partial charge is 0.228 e. The molecule has 0 radical (unpaired) electrons. The van der Waals surface area contributed by atoms with Gasteiger partial charge in [0.15, 0.2) is 5.13 Å². The molecule has 5 nitrogen and oxygen atoms in total. The lowest BCUT2D eigenvalue weighted by Gasteiger charge is -2.20. The van der Waals surface area contributed by atoms with Gasteiger partial charge in [0.05, 0.1) is 22.5 Å². The summed E-state index contributed by atoms with van der Waals surface area (Å²) in [5.74, 6) is 1.42. The molecule has 178 valence electrons. The molecule has 34 heavy (non-hydrogen) atoms. The number of amides is 1. The van der Waals surface area contributed by atoms with E-state index < -0.39 is 0 Å². The van der Waals surface area contributed by atoms with Gasteiger partial charge in [0.1, 0.15) is 0 Å². The van der Waals surface area contributed by atoms with Crippen molar-refractivity contribution in [2.45, 2.75) is 57.9 Å². The maximum Gasteiger partial charge on any atom is 0.228 e. The minimum absolute atomic E-state index is 0.125. The normalized spacial score (nSPS) is 11.4. The van der Waals surface area contributed by atoms with Crippen molar-refractivity contribution in [2.75, 3.05) is 17.2 Å². The van der Waals surface area contributed by atoms with Crippen LogP contribution in [0.5, 0.6) is 0 Å². The molecule has 0 saturated carbocycles. The number of carbonyl (C=O) groups excluding carboxylic acids is 1. The summed E-state index contributed by atoms with van der Waals surface area (Å²) in [5.41, 5.74) is 4.34. The van der Waals surface area contributed by atoms with Crippen molar-refractivity contribution < 1.29 is 4.79 Å². The molecule has 1 amide bonds. The molecule has 0 spiro atoms. The zero-order valence-electron chi connectivity index (χ0n) is 20.3. The Kier molecular flexibility index (Phi) is 8.06. The van der Waals surface area contributed by atoms with Gasteiger partial charge < -0.3 is 0 Å². The third kappa shape index (κ3) is 5.88. The molecule has 4 rings (SSSR count). The Morgan fingerprint density at radius 2 is 1.91 bits per heavy atom. The Bertz CT molecular complexity index is 1250. The van der Waals surface area contributed by atoms with Crippen LogP contribution >= 0.6 is 23.1 Å². The third-order valence-corrected chi connectivity index (χ3v) is 7.92. The van der Waals surface area contributed by atoms with Crippen LogP contribution in [0.25, 0.3) is 10.2 Å². The van der Waals surface area contributed by atoms with Crippen LogP contribution in [0.2, 0.25) is 0 Å². The van der Waals surface area contributed by atoms with E-state index in [0.29, 0.717) is 25.4 Å². The SMILES string of the molecule is Cc1cc(C)n(CCN(C(=O)CCCSc2ccccc2)c2nc3c(C(C)C)cccc3s2)n1. The van der Waals surface area contributed by atoms with Crippen LogP contribution in [-0.2, 0) is 11.3 Å². The molecule has 4 aromatic rings. The summed E-state index contributed by atoms with van der Waals surface area (Å²) in [7, 11) is 0. The lowest BCUT2D eigenvalue weighted by molar-refractivity contribution is -0.118. The van der Waals surface area contributed by atoms with E-state index >= 15 is 0 Å². The number of hydrogen-bond donors (Lipinski definition) is 0. The first-order valence-electron chi connectivity index (χ1n) is 11.8. The van der Waals surface area contributed by atoms with Crippen molar-refractivity contribution in [3.05, 3.63) is 71.5 Å². The topological polar surface area (TPSA) is 51.0 Å². The van der Waals surface area contributed by atoms with E-state index in [0.717, 1.165) is 38.9 Å². The Balaban J connectivity index is 1.51. The molecule has 0 saturated heterocycles. The number of thioether (sulfide) groups is 1. The number of benzene rings is 2. The molecule has 0 N–H and O–H groups in total. The largest absolute Gasteiger partial charge is 0.286 e. The molecular formula is C27H32N4OS2. The Hall–Kier alpha value is -2.64. The first-order chi connectivity index (χ1) is 16.4. The lowest BCUT2D eigenvalue weighted by Crippen LogP contribution is -2.34. The average molecular weight is 493 g/mol. The second-order valence-electron chi connectivity index (χ2n) is 8.81. The van der Waals surface area contributed by atoms with Crippen molar-refractivity contribution in [2.24, 2.45) is 0 Å². The van der Waals surface area contributed by atoms with Crippen LogP contribution in [0.3, 0.4) is 0 Å². The first kappa shape index (κ1) is 24.5. The zero-order valence-corrected chi connectivity index (χ0v) is 22.0. The average Bonchev–Trinajstić information content (AvgIpc) is 3.39. The van der Waals surface area contributed by atoms with Gasteiger partial charge in [-0.05, 0) is 61.8 Å². The molecule has 7 heteroatoms. The van der Waals surface area contributed by atoms with Gasteiger partial charge in [0.2, 0.25) is 5.91 Å². The fourth-order valence-corrected chi connectivity index (χ4v) is 5.95. The molecule has 0 aliphatic heterocycles. The summed E-state index contributed by atoms with van der Waals surface area (Å²) in [6, 6.07) is 18.7. The Labute approximate surface area is 210 Å². The van der Waals surface area contributed by atoms with Crippen LogP contribution < -0.4 is 4.90 Å². The second-order valence-corrected chi connectivity index (χ2v) is 11.0. The summed E-state index contributed by atoms with van der Waals surface area (Å²) < 4.78 is 3.11. The van der Waals surface area contributed by atoms with Crippen LogP contribution in [0.1, 0.15) is 49.6 Å². The van der Waals surface area contributed by atoms with Crippen LogP contribution in [0.4, 0.5) is 5.13 Å². The standard InChI is InChI=1S/C27H32N4OS2/c1-19(2)23-12-8-13-24-26(23)28-27(34-24)30(15-16-31-21(4)18-20(3)29-31)25(32)14-9-17-33-22-10-6-5-7-11-22/h5-8,10-13,18-19H,9,14-17H2,1-4H3. The van der Waals surface area contributed by atoms with E-state index in [4.69, 9.17) is 4.98 Å². The van der Waals surface area contributed by atoms with E-state index in [9.17, 15) is 4.79 Å². The minimum Gasteiger partial charge on any atom is -0.286 e. The summed E-state index contributed by atoms with van der Waals surface area (Å²) in [4.78, 5) is 21.5. The number of hydrogen-bond acceptors (Lipinski definition) is 5. The summed E-state index contributed by atoms with van der Waals surface area (Å²) in [5, 5.41) is 5.37. The van der Waals surface area contributed by atoms with Gasteiger partial charge >= 0.3 is 0 Å². The number of para-hydroxylation sites is 1. The molecule has 0 unspecified atom stereocenters. The molecule has 0 atom stereocenters. The van der Waals surface area contributed by atoms with Crippen molar-refractivity contribution in [3.63, 3.8) is 0 Å². The molecule has 2 heterocycles. The van der Waals surface area contributed by atoms with Gasteiger partial charge in [-0.25, -0.2) is 4.98 Å². The molecule has 2 aromatic carbocycles. The number of carbonyl (C=O) groups is 1. The van der Waals surface area contributed by atoms with E-state index in [-0.39, 0.29) is 5.91 Å². The van der Waals surface area contributed by atoms with E-state index in [1.807, 2.05) is 34.7 Å². The van der Waals surface area contributed by atoms with Crippen molar-refractivity contribution >= 4 is 44.4 Å². The van der Waals surface area contributed by atoms with Gasteiger partial charge in [0, 0.05) is 23.6 Å². The zero-order chi connectivity index (χ0) is 24.1. The van der Waals surface area contributed by atoms with Gasteiger partial charge in [-0.2, -0.15) is 5.10 Å². The first-order valence-corrected chi connectivity index (χ1v) is 13.6. The number of rotatable bonds is 10. The number of aromatic nitrogens is 3. The van der Waals surface area contributed by atoms with Gasteiger partial charge in [-0.15, -0.1) is 11.8 Å². The maximum absolute atomic E-state index is 13.4. The Morgan fingerprint density at radius 1 is 1.12 bits per heavy atom. The molecule has 0 bridgehead atoms. The maximum atomic E-state index is 13.4. The summed E-state index contributed by atoms with van der Waals surface area (Å²) in [6.45, 7) is 9.63. The van der Waals surface area contributed by atoms with Crippen molar-refractivity contribution in [1.29, 1.82) is 0 Å². The van der Waals surface area contributed by atoms with Crippen LogP contribution in [-0.4, -0.2) is 33.0 Å². The molecule has 2 aromatic heterocycles. The fourth-order valence-electron chi connectivity index (χ4n) is 4.03. The summed E-state index contributed by atoms with van der Waals surface area (Å²) in [6.07, 6.45) is 1.33. The highest BCUT2D eigenvalue weighted by atomic mass is 32.2. The van der Waals surface area contributed by atoms with E-state index in [1.54, 1.807) is 23.1 Å². The fraction of sp³-hybridized carbons (Fsp3) is 0.370. The predicted octanol–water partition coefficient (Wildman–Crippen LogP) is 6.84. The number of nitrogens with zero attached hydrogens (tertiary/aromatic N) is 4. The quantitative estimate of drug-likeness (QED) is 0.180. The molecular weight excluding hydrogens is 460 g/mol. The highest BCUT2D eigenvalue weighted by molar-refractivity contribution is 7.99. The number of anilines is 1. The van der Waals surface area contributed by atoms with Gasteiger partial charge in [0.25, 0.3) is 0 Å². The number of thiazole rings is 1. The highest BCUT2D eigenvalue weighted by Crippen LogP contribution is 2.34. The highest BCUT2D eigenvalue weighted by Gasteiger charge is 2.21. The predicted molar refractivity (Wildman–Crippen MR) is 144 cm³/mol. The molecule has 0 aliphatic carbocycles. The van der Waals surface area contributed by atoms with Crippen molar-refractivity contribution in [3.8, 4) is 0 Å². The third-order valence-electron chi connectivity index (χ3n) is 5.78. The number of fused-ring (bicyclic) bond motifs is 1. The number of aryl methyl sites for hydroxylation is 2. The van der Waals surface area contributed by atoms with Crippen LogP contribution in [0, 0.1) is 13.8 Å². The Morgan fingerprint density at radius 3 is 2.62 bits per heavy atom. The molecule has 0 fully saturated rings. The minimum atomic E-state index is 0.125. The monoisotopic (exact) mass is 492 g/mol. The second kappa shape index (κ2) is 11.2. The lowest BCUT2D eigenvalue weighted by atomic mass is 10.0.